The highest BCUT2D eigenvalue weighted by Gasteiger charge is 1.97. The van der Waals surface area contributed by atoms with Crippen LogP contribution in [0.15, 0.2) is 9.98 Å². The third-order valence-electron chi connectivity index (χ3n) is 1.24. The van der Waals surface area contributed by atoms with Crippen molar-refractivity contribution in [2.45, 2.75) is 19.3 Å². The molecule has 0 fully saturated rings. The van der Waals surface area contributed by atoms with Crippen LogP contribution in [-0.2, 0) is 11.2 Å². The van der Waals surface area contributed by atoms with E-state index in [0.29, 0.717) is 6.42 Å². The molecule has 0 aromatic carbocycles. The van der Waals surface area contributed by atoms with Crippen LogP contribution in [0, 0.1) is 0 Å². The Balaban J connectivity index is 2.32. The molecule has 0 N–H and O–H groups in total. The van der Waals surface area contributed by atoms with Crippen molar-refractivity contribution in [3.05, 3.63) is 15.0 Å². The molecule has 0 saturated heterocycles. The number of unbranched alkanes of at least 4 members (excludes halogenated alkanes) is 1. The van der Waals surface area contributed by atoms with E-state index in [9.17, 15) is 4.79 Å². The molecule has 0 unspecified atom stereocenters. The van der Waals surface area contributed by atoms with Crippen LogP contribution in [0.5, 0.6) is 0 Å². The first-order valence-corrected chi connectivity index (χ1v) is 4.97. The summed E-state index contributed by atoms with van der Waals surface area (Å²) in [6, 6.07) is 0. The van der Waals surface area contributed by atoms with Crippen molar-refractivity contribution in [3.63, 3.8) is 0 Å². The first kappa shape index (κ1) is 8.87. The van der Waals surface area contributed by atoms with Gasteiger partial charge in [0.1, 0.15) is 6.29 Å². The highest BCUT2D eigenvalue weighted by Crippen LogP contribution is 2.20. The number of thiazole rings is 1. The first-order chi connectivity index (χ1) is 5.33. The van der Waals surface area contributed by atoms with Gasteiger partial charge in [0.15, 0.2) is 0 Å². The van der Waals surface area contributed by atoms with Gasteiger partial charge in [-0.15, -0.1) is 11.3 Å². The van der Waals surface area contributed by atoms with Gasteiger partial charge in [0, 0.05) is 6.42 Å². The summed E-state index contributed by atoms with van der Waals surface area (Å²) in [5, 5.41) is 1.10. The Hall–Kier alpha value is -0.220. The van der Waals surface area contributed by atoms with Crippen molar-refractivity contribution in [1.29, 1.82) is 0 Å². The van der Waals surface area contributed by atoms with E-state index in [-0.39, 0.29) is 0 Å². The smallest absolute Gasteiger partial charge is 0.120 e. The number of hydrogen-bond acceptors (Lipinski definition) is 3. The first-order valence-electron chi connectivity index (χ1n) is 3.37. The maximum Gasteiger partial charge on any atom is 0.120 e. The summed E-state index contributed by atoms with van der Waals surface area (Å²) in [6.07, 6.45) is 5.19. The van der Waals surface area contributed by atoms with Gasteiger partial charge >= 0.3 is 0 Å². The topological polar surface area (TPSA) is 30.0 Å². The SMILES string of the molecule is O=CCCCc1ncc(Br)s1. The average Bonchev–Trinajstić information content (AvgIpc) is 2.37. The van der Waals surface area contributed by atoms with E-state index in [0.717, 1.165) is 27.9 Å². The lowest BCUT2D eigenvalue weighted by molar-refractivity contribution is -0.107. The van der Waals surface area contributed by atoms with E-state index in [1.54, 1.807) is 17.5 Å². The van der Waals surface area contributed by atoms with Crippen LogP contribution in [0.25, 0.3) is 0 Å². The Kier molecular flexibility index (Phi) is 3.72. The number of carbonyl (C=O) groups excluding carboxylic acids is 1. The molecule has 0 atom stereocenters. The molecule has 0 amide bonds. The lowest BCUT2D eigenvalue weighted by atomic mass is 10.3. The summed E-state index contributed by atoms with van der Waals surface area (Å²) in [4.78, 5) is 14.1. The fourth-order valence-electron chi connectivity index (χ4n) is 0.740. The molecule has 0 spiro atoms. The number of rotatable bonds is 4. The quantitative estimate of drug-likeness (QED) is 0.591. The summed E-state index contributed by atoms with van der Waals surface area (Å²) in [6.45, 7) is 0. The van der Waals surface area contributed by atoms with Crippen LogP contribution in [0.1, 0.15) is 17.8 Å². The molecule has 0 aliphatic rings. The lowest BCUT2D eigenvalue weighted by Gasteiger charge is -1.88. The highest BCUT2D eigenvalue weighted by molar-refractivity contribution is 9.11. The van der Waals surface area contributed by atoms with Crippen molar-refractivity contribution in [3.8, 4) is 0 Å². The third kappa shape index (κ3) is 3.12. The Morgan fingerprint density at radius 3 is 3.09 bits per heavy atom. The summed E-state index contributed by atoms with van der Waals surface area (Å²) in [5.41, 5.74) is 0. The minimum atomic E-state index is 0.636. The van der Waals surface area contributed by atoms with Crippen molar-refractivity contribution in [2.24, 2.45) is 0 Å². The van der Waals surface area contributed by atoms with E-state index < -0.39 is 0 Å². The number of hydrogen-bond donors (Lipinski definition) is 0. The third-order valence-corrected chi connectivity index (χ3v) is 2.77. The molecule has 0 aliphatic heterocycles. The second-order valence-corrected chi connectivity index (χ2v) is 4.61. The predicted octanol–water partition coefficient (Wildman–Crippen LogP) is 2.43. The second kappa shape index (κ2) is 4.62. The van der Waals surface area contributed by atoms with Gasteiger partial charge in [0.25, 0.3) is 0 Å². The fourth-order valence-corrected chi connectivity index (χ4v) is 2.09. The minimum Gasteiger partial charge on any atom is -0.303 e. The Labute approximate surface area is 77.8 Å². The molecule has 1 heterocycles. The maximum absolute atomic E-state index is 9.97. The predicted molar refractivity (Wildman–Crippen MR) is 48.8 cm³/mol. The molecule has 0 aliphatic carbocycles. The average molecular weight is 234 g/mol. The summed E-state index contributed by atoms with van der Waals surface area (Å²) in [5.74, 6) is 0. The van der Waals surface area contributed by atoms with Crippen molar-refractivity contribution in [2.75, 3.05) is 0 Å². The van der Waals surface area contributed by atoms with E-state index in [1.165, 1.54) is 0 Å². The summed E-state index contributed by atoms with van der Waals surface area (Å²) in [7, 11) is 0. The van der Waals surface area contributed by atoms with E-state index >= 15 is 0 Å². The Bertz CT molecular complexity index is 236. The standard InChI is InChI=1S/C7H8BrNOS/c8-6-5-9-7(11-6)3-1-2-4-10/h4-5H,1-3H2. The fraction of sp³-hybridized carbons (Fsp3) is 0.429. The van der Waals surface area contributed by atoms with Gasteiger partial charge < -0.3 is 4.79 Å². The van der Waals surface area contributed by atoms with Crippen molar-refractivity contribution in [1.82, 2.24) is 4.98 Å². The summed E-state index contributed by atoms with van der Waals surface area (Å²) < 4.78 is 1.05. The van der Waals surface area contributed by atoms with Gasteiger partial charge in [-0.1, -0.05) is 0 Å². The van der Waals surface area contributed by atoms with E-state index in [4.69, 9.17) is 0 Å². The Morgan fingerprint density at radius 2 is 2.55 bits per heavy atom. The van der Waals surface area contributed by atoms with Crippen molar-refractivity contribution >= 4 is 33.6 Å². The van der Waals surface area contributed by atoms with Crippen LogP contribution < -0.4 is 0 Å². The Morgan fingerprint density at radius 1 is 1.73 bits per heavy atom. The van der Waals surface area contributed by atoms with Gasteiger partial charge in [-0.05, 0) is 28.8 Å². The summed E-state index contributed by atoms with van der Waals surface area (Å²) >= 11 is 4.96. The number of nitrogens with zero attached hydrogens (tertiary/aromatic N) is 1. The number of aldehydes is 1. The molecule has 2 nitrogen and oxygen atoms in total. The molecule has 0 saturated carbocycles. The van der Waals surface area contributed by atoms with Gasteiger partial charge in [-0.3, -0.25) is 0 Å². The molecular weight excluding hydrogens is 226 g/mol. The molecule has 1 aromatic rings. The van der Waals surface area contributed by atoms with Crippen LogP contribution in [-0.4, -0.2) is 11.3 Å². The molecule has 1 aromatic heterocycles. The van der Waals surface area contributed by atoms with Crippen LogP contribution in [0.4, 0.5) is 0 Å². The van der Waals surface area contributed by atoms with Gasteiger partial charge in [-0.25, -0.2) is 4.98 Å². The van der Waals surface area contributed by atoms with Crippen molar-refractivity contribution < 1.29 is 4.79 Å². The molecule has 11 heavy (non-hydrogen) atoms. The van der Waals surface area contributed by atoms with Gasteiger partial charge in [0.05, 0.1) is 15.0 Å². The number of aryl methyl sites for hydroxylation is 1. The largest absolute Gasteiger partial charge is 0.303 e. The highest BCUT2D eigenvalue weighted by atomic mass is 79.9. The maximum atomic E-state index is 9.97. The number of carbonyl (C=O) groups is 1. The molecule has 0 bridgehead atoms. The zero-order valence-electron chi connectivity index (χ0n) is 5.92. The number of halogens is 1. The minimum absolute atomic E-state index is 0.636. The molecular formula is C7H8BrNOS. The molecule has 1 rings (SSSR count). The molecule has 60 valence electrons. The zero-order chi connectivity index (χ0) is 8.10. The van der Waals surface area contributed by atoms with Gasteiger partial charge in [0.2, 0.25) is 0 Å². The normalized spacial score (nSPS) is 9.91. The molecule has 4 heteroatoms. The lowest BCUT2D eigenvalue weighted by Crippen LogP contribution is -1.83. The van der Waals surface area contributed by atoms with Gasteiger partial charge in [-0.2, -0.15) is 0 Å². The second-order valence-electron chi connectivity index (χ2n) is 2.12. The van der Waals surface area contributed by atoms with E-state index in [2.05, 4.69) is 20.9 Å². The van der Waals surface area contributed by atoms with Crippen LogP contribution in [0.3, 0.4) is 0 Å². The monoisotopic (exact) mass is 233 g/mol. The van der Waals surface area contributed by atoms with E-state index in [1.807, 2.05) is 0 Å². The van der Waals surface area contributed by atoms with Crippen LogP contribution >= 0.6 is 27.3 Å². The van der Waals surface area contributed by atoms with Crippen LogP contribution in [0.2, 0.25) is 0 Å². The molecule has 0 radical (unpaired) electrons. The zero-order valence-corrected chi connectivity index (χ0v) is 8.32. The number of aromatic nitrogens is 1.